The minimum absolute atomic E-state index is 0.266. The van der Waals surface area contributed by atoms with Gasteiger partial charge in [0.2, 0.25) is 5.91 Å². The van der Waals surface area contributed by atoms with Crippen molar-refractivity contribution in [3.8, 4) is 0 Å². The summed E-state index contributed by atoms with van der Waals surface area (Å²) < 4.78 is 22.6. The van der Waals surface area contributed by atoms with Crippen LogP contribution in [0.2, 0.25) is 0 Å². The van der Waals surface area contributed by atoms with Crippen LogP contribution in [-0.2, 0) is 14.6 Å². The number of hydrogen-bond donors (Lipinski definition) is 2. The predicted molar refractivity (Wildman–Crippen MR) is 75.6 cm³/mol. The van der Waals surface area contributed by atoms with E-state index in [1.54, 1.807) is 7.05 Å². The van der Waals surface area contributed by atoms with Crippen LogP contribution in [-0.4, -0.2) is 63.0 Å². The molecule has 0 saturated carbocycles. The molecule has 1 aliphatic rings. The third kappa shape index (κ3) is 5.08. The van der Waals surface area contributed by atoms with Gasteiger partial charge in [-0.1, -0.05) is 0 Å². The molecule has 6 nitrogen and oxygen atoms in total. The van der Waals surface area contributed by atoms with Crippen molar-refractivity contribution in [1.29, 1.82) is 0 Å². The van der Waals surface area contributed by atoms with Crippen molar-refractivity contribution in [2.75, 3.05) is 38.2 Å². The van der Waals surface area contributed by atoms with Crippen LogP contribution >= 0.6 is 0 Å². The predicted octanol–water partition coefficient (Wildman–Crippen LogP) is -0.649. The molecule has 1 fully saturated rings. The molecular weight excluding hydrogens is 266 g/mol. The topological polar surface area (TPSA) is 92.5 Å². The van der Waals surface area contributed by atoms with Crippen LogP contribution in [0.4, 0.5) is 0 Å². The number of amides is 1. The van der Waals surface area contributed by atoms with E-state index in [1.807, 2.05) is 6.92 Å². The molecule has 1 saturated heterocycles. The smallest absolute Gasteiger partial charge is 0.237 e. The Bertz CT molecular complexity index is 396. The first-order chi connectivity index (χ1) is 8.79. The molecule has 1 rings (SSSR count). The maximum atomic E-state index is 11.3. The minimum atomic E-state index is -2.80. The normalized spacial score (nSPS) is 22.8. The Hall–Kier alpha value is -0.660. The quantitative estimate of drug-likeness (QED) is 0.608. The number of hydrogen-bond acceptors (Lipinski definition) is 5. The number of carbonyl (C=O) groups excluding carboxylic acids is 1. The summed E-state index contributed by atoms with van der Waals surface area (Å²) in [6.07, 6.45) is 2.54. The molecule has 0 bridgehead atoms. The average molecular weight is 291 g/mol. The lowest BCUT2D eigenvalue weighted by Crippen LogP contribution is -2.51. The van der Waals surface area contributed by atoms with Crippen molar-refractivity contribution >= 4 is 15.7 Å². The van der Waals surface area contributed by atoms with Crippen LogP contribution in [0.25, 0.3) is 0 Å². The summed E-state index contributed by atoms with van der Waals surface area (Å²) in [5, 5.41) is 2.96. The Morgan fingerprint density at radius 3 is 2.37 bits per heavy atom. The SMILES string of the molecule is CNC(C)(CCCCN1CCS(=O)(=O)CC1)C(N)=O. The summed E-state index contributed by atoms with van der Waals surface area (Å²) in [6, 6.07) is 0. The first-order valence-electron chi connectivity index (χ1n) is 6.71. The van der Waals surface area contributed by atoms with E-state index in [0.29, 0.717) is 19.5 Å². The fourth-order valence-electron chi connectivity index (χ4n) is 2.16. The molecule has 1 unspecified atom stereocenters. The molecule has 0 aromatic carbocycles. The maximum absolute atomic E-state index is 11.3. The van der Waals surface area contributed by atoms with Gasteiger partial charge in [-0.3, -0.25) is 4.79 Å². The molecule has 1 aliphatic heterocycles. The Morgan fingerprint density at radius 1 is 1.32 bits per heavy atom. The van der Waals surface area contributed by atoms with Gasteiger partial charge in [-0.2, -0.15) is 0 Å². The second kappa shape index (κ2) is 6.67. The van der Waals surface area contributed by atoms with Crippen molar-refractivity contribution in [1.82, 2.24) is 10.2 Å². The lowest BCUT2D eigenvalue weighted by atomic mass is 9.94. The molecule has 112 valence electrons. The molecule has 19 heavy (non-hydrogen) atoms. The second-order valence-electron chi connectivity index (χ2n) is 5.40. The van der Waals surface area contributed by atoms with Gasteiger partial charge in [0.05, 0.1) is 17.0 Å². The van der Waals surface area contributed by atoms with Crippen molar-refractivity contribution in [3.63, 3.8) is 0 Å². The van der Waals surface area contributed by atoms with Crippen molar-refractivity contribution in [2.24, 2.45) is 5.73 Å². The highest BCUT2D eigenvalue weighted by atomic mass is 32.2. The molecule has 0 aromatic rings. The van der Waals surface area contributed by atoms with Crippen molar-refractivity contribution < 1.29 is 13.2 Å². The van der Waals surface area contributed by atoms with Crippen molar-refractivity contribution in [2.45, 2.75) is 31.7 Å². The highest BCUT2D eigenvalue weighted by molar-refractivity contribution is 7.91. The van der Waals surface area contributed by atoms with Crippen molar-refractivity contribution in [3.05, 3.63) is 0 Å². The van der Waals surface area contributed by atoms with Crippen LogP contribution in [0.1, 0.15) is 26.2 Å². The Balaban J connectivity index is 2.23. The molecule has 1 heterocycles. The third-order valence-electron chi connectivity index (χ3n) is 3.93. The summed E-state index contributed by atoms with van der Waals surface area (Å²) in [5.41, 5.74) is 4.71. The largest absolute Gasteiger partial charge is 0.368 e. The number of rotatable bonds is 7. The Morgan fingerprint density at radius 2 is 1.89 bits per heavy atom. The Labute approximate surface area is 115 Å². The zero-order chi connectivity index (χ0) is 14.5. The van der Waals surface area contributed by atoms with E-state index in [-0.39, 0.29) is 17.4 Å². The molecule has 0 spiro atoms. The third-order valence-corrected chi connectivity index (χ3v) is 5.54. The van der Waals surface area contributed by atoms with Gasteiger partial charge in [0.1, 0.15) is 0 Å². The summed E-state index contributed by atoms with van der Waals surface area (Å²) >= 11 is 0. The standard InChI is InChI=1S/C12H25N3O3S/c1-12(14-2,11(13)16)5-3-4-6-15-7-9-19(17,18)10-8-15/h14H,3-10H2,1-2H3,(H2,13,16). The number of unbranched alkanes of at least 4 members (excludes halogenated alkanes) is 1. The van der Waals surface area contributed by atoms with Crippen LogP contribution in [0.3, 0.4) is 0 Å². The van der Waals surface area contributed by atoms with Gasteiger partial charge in [0.15, 0.2) is 9.84 Å². The fourth-order valence-corrected chi connectivity index (χ4v) is 3.44. The summed E-state index contributed by atoms with van der Waals surface area (Å²) in [5.74, 6) is 0.199. The molecule has 0 radical (unpaired) electrons. The molecule has 0 aliphatic carbocycles. The minimum Gasteiger partial charge on any atom is -0.368 e. The number of nitrogens with one attached hydrogen (secondary N) is 1. The van der Waals surface area contributed by atoms with Gasteiger partial charge in [0.25, 0.3) is 0 Å². The maximum Gasteiger partial charge on any atom is 0.237 e. The molecule has 1 atom stereocenters. The average Bonchev–Trinajstić information content (AvgIpc) is 2.35. The summed E-state index contributed by atoms with van der Waals surface area (Å²) in [6.45, 7) is 3.94. The first kappa shape index (κ1) is 16.4. The lowest BCUT2D eigenvalue weighted by Gasteiger charge is -2.28. The number of carbonyl (C=O) groups is 1. The van der Waals surface area contributed by atoms with Gasteiger partial charge in [0, 0.05) is 13.1 Å². The fraction of sp³-hybridized carbons (Fsp3) is 0.917. The number of nitrogens with two attached hydrogens (primary N) is 1. The van der Waals surface area contributed by atoms with E-state index in [9.17, 15) is 13.2 Å². The van der Waals surface area contributed by atoms with Crippen LogP contribution < -0.4 is 11.1 Å². The van der Waals surface area contributed by atoms with E-state index >= 15 is 0 Å². The van der Waals surface area contributed by atoms with Crippen LogP contribution in [0, 0.1) is 0 Å². The lowest BCUT2D eigenvalue weighted by molar-refractivity contribution is -0.123. The first-order valence-corrected chi connectivity index (χ1v) is 8.53. The second-order valence-corrected chi connectivity index (χ2v) is 7.70. The number of sulfone groups is 1. The van der Waals surface area contributed by atoms with E-state index in [4.69, 9.17) is 5.73 Å². The molecular formula is C12H25N3O3S. The van der Waals surface area contributed by atoms with Gasteiger partial charge < -0.3 is 16.0 Å². The van der Waals surface area contributed by atoms with E-state index in [0.717, 1.165) is 19.4 Å². The summed E-state index contributed by atoms with van der Waals surface area (Å²) in [4.78, 5) is 13.5. The Kier molecular flexibility index (Phi) is 5.76. The highest BCUT2D eigenvalue weighted by Gasteiger charge is 2.28. The van der Waals surface area contributed by atoms with E-state index in [2.05, 4.69) is 10.2 Å². The molecule has 0 aromatic heterocycles. The zero-order valence-electron chi connectivity index (χ0n) is 11.8. The van der Waals surface area contributed by atoms with E-state index in [1.165, 1.54) is 0 Å². The zero-order valence-corrected chi connectivity index (χ0v) is 12.6. The number of primary amides is 1. The highest BCUT2D eigenvalue weighted by Crippen LogP contribution is 2.14. The van der Waals surface area contributed by atoms with Crippen LogP contribution in [0.15, 0.2) is 0 Å². The molecule has 1 amide bonds. The molecule has 7 heteroatoms. The molecule has 3 N–H and O–H groups in total. The summed E-state index contributed by atoms with van der Waals surface area (Å²) in [7, 11) is -1.06. The van der Waals surface area contributed by atoms with Gasteiger partial charge in [-0.05, 0) is 39.8 Å². The van der Waals surface area contributed by atoms with E-state index < -0.39 is 15.4 Å². The van der Waals surface area contributed by atoms with Crippen LogP contribution in [0.5, 0.6) is 0 Å². The van der Waals surface area contributed by atoms with Gasteiger partial charge >= 0.3 is 0 Å². The van der Waals surface area contributed by atoms with Gasteiger partial charge in [-0.15, -0.1) is 0 Å². The number of nitrogens with zero attached hydrogens (tertiary/aromatic N) is 1. The monoisotopic (exact) mass is 291 g/mol. The number of likely N-dealkylation sites (N-methyl/N-ethyl adjacent to an activating group) is 1. The van der Waals surface area contributed by atoms with Gasteiger partial charge in [-0.25, -0.2) is 8.42 Å².